The highest BCUT2D eigenvalue weighted by Crippen LogP contribution is 2.01. The lowest BCUT2D eigenvalue weighted by Gasteiger charge is -2.24. The fourth-order valence-electron chi connectivity index (χ4n) is 2.79. The first kappa shape index (κ1) is 23.8. The fourth-order valence-corrected chi connectivity index (χ4v) is 2.79. The lowest BCUT2D eigenvalue weighted by Crippen LogP contribution is -2.44. The van der Waals surface area contributed by atoms with Crippen molar-refractivity contribution in [2.45, 2.75) is 12.5 Å². The quantitative estimate of drug-likeness (QED) is 0.251. The molecule has 1 saturated heterocycles. The number of carbonyl (C=O) groups is 4. The van der Waals surface area contributed by atoms with Gasteiger partial charge in [0.2, 0.25) is 5.91 Å². The number of carbonyl (C=O) groups excluding carboxylic acids is 1. The van der Waals surface area contributed by atoms with Crippen LogP contribution in [0.1, 0.15) is 6.42 Å². The van der Waals surface area contributed by atoms with Gasteiger partial charge in [-0.05, 0) is 6.42 Å². The maximum Gasteiger partial charge on any atom is 0.320 e. The molecule has 160 valence electrons. The zero-order valence-corrected chi connectivity index (χ0v) is 15.7. The van der Waals surface area contributed by atoms with E-state index in [1.165, 1.54) is 0 Å². The number of carboxylic acid groups (broad SMARTS) is 3. The smallest absolute Gasteiger partial charge is 0.320 e. The van der Waals surface area contributed by atoms with Crippen LogP contribution in [0, 0.1) is 0 Å². The second kappa shape index (κ2) is 12.2. The Morgan fingerprint density at radius 2 is 1.18 bits per heavy atom. The molecule has 1 atom stereocenters. The van der Waals surface area contributed by atoms with E-state index in [4.69, 9.17) is 21.1 Å². The van der Waals surface area contributed by atoms with Crippen molar-refractivity contribution in [2.75, 3.05) is 65.4 Å². The van der Waals surface area contributed by atoms with E-state index in [9.17, 15) is 19.2 Å². The third kappa shape index (κ3) is 10.2. The van der Waals surface area contributed by atoms with Crippen LogP contribution in [0.5, 0.6) is 0 Å². The lowest BCUT2D eigenvalue weighted by molar-refractivity contribution is -0.140. The Balaban J connectivity index is 2.59. The molecule has 1 aliphatic heterocycles. The summed E-state index contributed by atoms with van der Waals surface area (Å²) in [5.41, 5.74) is 5.38. The van der Waals surface area contributed by atoms with Crippen LogP contribution in [-0.4, -0.2) is 125 Å². The van der Waals surface area contributed by atoms with E-state index in [-0.39, 0.29) is 38.5 Å². The van der Waals surface area contributed by atoms with Crippen molar-refractivity contribution in [2.24, 2.45) is 5.73 Å². The molecule has 1 fully saturated rings. The molecule has 0 bridgehead atoms. The molecule has 0 aromatic rings. The summed E-state index contributed by atoms with van der Waals surface area (Å²) >= 11 is 0. The molecule has 0 radical (unpaired) electrons. The Hall–Kier alpha value is -2.28. The first-order valence-electron chi connectivity index (χ1n) is 9.03. The van der Waals surface area contributed by atoms with Gasteiger partial charge in [0, 0.05) is 45.8 Å². The SMILES string of the molecule is N[C@@H](CCNC(=O)CN1CCN(CC(=O)O)CCN(CC(=O)O)CC1)C(=O)O. The van der Waals surface area contributed by atoms with Gasteiger partial charge in [0.05, 0.1) is 19.6 Å². The monoisotopic (exact) mass is 403 g/mol. The van der Waals surface area contributed by atoms with Gasteiger partial charge in [-0.25, -0.2) is 0 Å². The zero-order valence-electron chi connectivity index (χ0n) is 15.7. The second-order valence-electron chi connectivity index (χ2n) is 6.70. The summed E-state index contributed by atoms with van der Waals surface area (Å²) in [6.45, 7) is 2.49. The molecular weight excluding hydrogens is 374 g/mol. The van der Waals surface area contributed by atoms with Gasteiger partial charge >= 0.3 is 17.9 Å². The first-order valence-corrected chi connectivity index (χ1v) is 9.03. The van der Waals surface area contributed by atoms with Gasteiger partial charge in [0.1, 0.15) is 6.04 Å². The number of amides is 1. The standard InChI is InChI=1S/C16H29N5O7/c17-12(16(27)28)1-2-18-13(22)9-19-3-5-20(10-14(23)24)7-8-21(6-4-19)11-15(25)26/h12H,1-11,17H2,(H,18,22)(H,23,24)(H,25,26)(H,27,28)/t12-/m0/s1. The Bertz CT molecular complexity index is 532. The molecule has 1 rings (SSSR count). The highest BCUT2D eigenvalue weighted by molar-refractivity contribution is 5.78. The number of hydrogen-bond donors (Lipinski definition) is 5. The average Bonchev–Trinajstić information content (AvgIpc) is 2.67. The summed E-state index contributed by atoms with van der Waals surface area (Å²) in [4.78, 5) is 50.0. The van der Waals surface area contributed by atoms with Crippen molar-refractivity contribution >= 4 is 23.8 Å². The van der Waals surface area contributed by atoms with E-state index in [2.05, 4.69) is 5.32 Å². The van der Waals surface area contributed by atoms with Gasteiger partial charge in [-0.2, -0.15) is 0 Å². The van der Waals surface area contributed by atoms with Crippen LogP contribution < -0.4 is 11.1 Å². The van der Waals surface area contributed by atoms with E-state index >= 15 is 0 Å². The van der Waals surface area contributed by atoms with E-state index in [0.717, 1.165) is 0 Å². The number of hydrogen-bond acceptors (Lipinski definition) is 8. The second-order valence-corrected chi connectivity index (χ2v) is 6.70. The first-order chi connectivity index (χ1) is 13.2. The van der Waals surface area contributed by atoms with E-state index in [1.54, 1.807) is 9.80 Å². The molecule has 0 aromatic carbocycles. The van der Waals surface area contributed by atoms with Crippen molar-refractivity contribution in [3.8, 4) is 0 Å². The number of nitrogens with one attached hydrogen (secondary N) is 1. The highest BCUT2D eigenvalue weighted by atomic mass is 16.4. The topological polar surface area (TPSA) is 177 Å². The summed E-state index contributed by atoms with van der Waals surface area (Å²) in [7, 11) is 0. The van der Waals surface area contributed by atoms with E-state index in [0.29, 0.717) is 39.3 Å². The van der Waals surface area contributed by atoms with Crippen LogP contribution in [0.4, 0.5) is 0 Å². The molecule has 1 amide bonds. The van der Waals surface area contributed by atoms with E-state index < -0.39 is 23.9 Å². The number of nitrogens with two attached hydrogens (primary N) is 1. The summed E-state index contributed by atoms with van der Waals surface area (Å²) in [6, 6.07) is -1.04. The summed E-state index contributed by atoms with van der Waals surface area (Å²) in [5.74, 6) is -3.37. The summed E-state index contributed by atoms with van der Waals surface area (Å²) < 4.78 is 0. The van der Waals surface area contributed by atoms with Crippen molar-refractivity contribution in [3.05, 3.63) is 0 Å². The Morgan fingerprint density at radius 3 is 1.54 bits per heavy atom. The maximum atomic E-state index is 12.1. The minimum absolute atomic E-state index is 0.0458. The molecule has 0 aromatic heterocycles. The molecule has 0 aliphatic carbocycles. The minimum Gasteiger partial charge on any atom is -0.480 e. The lowest BCUT2D eigenvalue weighted by atomic mass is 10.2. The van der Waals surface area contributed by atoms with Crippen LogP contribution in [0.3, 0.4) is 0 Å². The molecular formula is C16H29N5O7. The highest BCUT2D eigenvalue weighted by Gasteiger charge is 2.20. The minimum atomic E-state index is -1.13. The third-order valence-corrected chi connectivity index (χ3v) is 4.38. The van der Waals surface area contributed by atoms with Gasteiger partial charge in [0.15, 0.2) is 0 Å². The van der Waals surface area contributed by atoms with Gasteiger partial charge < -0.3 is 26.4 Å². The van der Waals surface area contributed by atoms with Crippen molar-refractivity contribution in [1.29, 1.82) is 0 Å². The van der Waals surface area contributed by atoms with Crippen molar-refractivity contribution < 1.29 is 34.5 Å². The Labute approximate surface area is 162 Å². The molecule has 12 heteroatoms. The number of carboxylic acids is 3. The van der Waals surface area contributed by atoms with Crippen LogP contribution in [0.25, 0.3) is 0 Å². The van der Waals surface area contributed by atoms with Crippen LogP contribution in [0.15, 0.2) is 0 Å². The van der Waals surface area contributed by atoms with Crippen LogP contribution in [-0.2, 0) is 19.2 Å². The fraction of sp³-hybridized carbons (Fsp3) is 0.750. The van der Waals surface area contributed by atoms with Gasteiger partial charge in [-0.1, -0.05) is 0 Å². The predicted molar refractivity (Wildman–Crippen MR) is 97.8 cm³/mol. The molecule has 1 aliphatic rings. The molecule has 0 spiro atoms. The molecule has 12 nitrogen and oxygen atoms in total. The number of nitrogens with zero attached hydrogens (tertiary/aromatic N) is 3. The zero-order chi connectivity index (χ0) is 21.1. The maximum absolute atomic E-state index is 12.1. The normalized spacial score (nSPS) is 18.5. The van der Waals surface area contributed by atoms with Crippen LogP contribution in [0.2, 0.25) is 0 Å². The third-order valence-electron chi connectivity index (χ3n) is 4.38. The summed E-state index contributed by atoms with van der Waals surface area (Å²) in [6.07, 6.45) is 0.111. The Kier molecular flexibility index (Phi) is 10.4. The van der Waals surface area contributed by atoms with Crippen molar-refractivity contribution in [3.63, 3.8) is 0 Å². The average molecular weight is 403 g/mol. The number of rotatable bonds is 10. The van der Waals surface area contributed by atoms with Gasteiger partial charge in [-0.15, -0.1) is 0 Å². The van der Waals surface area contributed by atoms with Gasteiger partial charge in [-0.3, -0.25) is 33.9 Å². The summed E-state index contributed by atoms with van der Waals surface area (Å²) in [5, 5.41) is 29.4. The molecule has 0 unspecified atom stereocenters. The predicted octanol–water partition coefficient (Wildman–Crippen LogP) is -3.01. The van der Waals surface area contributed by atoms with Gasteiger partial charge in [0.25, 0.3) is 0 Å². The largest absolute Gasteiger partial charge is 0.480 e. The Morgan fingerprint density at radius 1 is 0.786 bits per heavy atom. The molecule has 0 saturated carbocycles. The van der Waals surface area contributed by atoms with Crippen LogP contribution >= 0.6 is 0 Å². The van der Waals surface area contributed by atoms with E-state index in [1.807, 2.05) is 4.90 Å². The van der Waals surface area contributed by atoms with Crippen molar-refractivity contribution in [1.82, 2.24) is 20.0 Å². The number of aliphatic carboxylic acids is 3. The molecule has 6 N–H and O–H groups in total. The molecule has 1 heterocycles. The molecule has 28 heavy (non-hydrogen) atoms.